The van der Waals surface area contributed by atoms with Gasteiger partial charge in [-0.2, -0.15) is 5.10 Å². The maximum atomic E-state index is 12.6. The van der Waals surface area contributed by atoms with Crippen molar-refractivity contribution in [1.29, 1.82) is 0 Å². The molecule has 1 atom stereocenters. The number of phenolic OH excluding ortho intramolecular Hbond substituents is 1. The van der Waals surface area contributed by atoms with E-state index in [9.17, 15) is 9.90 Å². The van der Waals surface area contributed by atoms with Crippen molar-refractivity contribution in [2.45, 2.75) is 54.0 Å². The third-order valence-electron chi connectivity index (χ3n) is 4.44. The molecule has 1 unspecified atom stereocenters. The van der Waals surface area contributed by atoms with Crippen LogP contribution in [0.25, 0.3) is 0 Å². The van der Waals surface area contributed by atoms with E-state index >= 15 is 0 Å². The van der Waals surface area contributed by atoms with Crippen LogP contribution in [0.1, 0.15) is 49.2 Å². The van der Waals surface area contributed by atoms with Gasteiger partial charge < -0.3 is 10.4 Å². The maximum Gasteiger partial charge on any atom is 0.229 e. The molecule has 1 amide bonds. The maximum absolute atomic E-state index is 12.6. The Morgan fingerprint density at radius 3 is 2.44 bits per heavy atom. The molecular weight excluding hydrogens is 382 g/mol. The summed E-state index contributed by atoms with van der Waals surface area (Å²) in [5, 5.41) is 17.5. The minimum Gasteiger partial charge on any atom is -0.508 e. The predicted octanol–water partition coefficient (Wildman–Crippen LogP) is 4.67. The fourth-order valence-corrected chi connectivity index (χ4v) is 3.04. The van der Waals surface area contributed by atoms with Gasteiger partial charge in [-0.3, -0.25) is 9.48 Å². The largest absolute Gasteiger partial charge is 0.508 e. The van der Waals surface area contributed by atoms with Crippen molar-refractivity contribution in [2.75, 3.05) is 5.32 Å². The number of aromatic hydroxyl groups is 1. The minimum atomic E-state index is -0.236. The highest BCUT2D eigenvalue weighted by molar-refractivity contribution is 9.10. The first-order chi connectivity index (χ1) is 11.6. The van der Waals surface area contributed by atoms with Gasteiger partial charge in [0.1, 0.15) is 5.75 Å². The Hall–Kier alpha value is -1.82. The van der Waals surface area contributed by atoms with Crippen LogP contribution < -0.4 is 5.32 Å². The van der Waals surface area contributed by atoms with E-state index in [1.165, 1.54) is 0 Å². The number of aromatic nitrogens is 2. The van der Waals surface area contributed by atoms with Gasteiger partial charge in [0.25, 0.3) is 0 Å². The molecule has 0 radical (unpaired) electrons. The Labute approximate surface area is 157 Å². The van der Waals surface area contributed by atoms with Crippen LogP contribution in [-0.2, 0) is 11.3 Å². The lowest BCUT2D eigenvalue weighted by atomic mass is 9.99. The zero-order chi connectivity index (χ0) is 18.9. The molecular formula is C19H26BrN3O2. The molecule has 1 aromatic heterocycles. The van der Waals surface area contributed by atoms with Gasteiger partial charge in [0.2, 0.25) is 5.91 Å². The Balaban J connectivity index is 2.16. The molecule has 0 bridgehead atoms. The molecule has 2 rings (SSSR count). The molecule has 0 aliphatic carbocycles. The summed E-state index contributed by atoms with van der Waals surface area (Å²) in [5.74, 6) is 0.152. The quantitative estimate of drug-likeness (QED) is 0.707. The SMILES string of the molecule is Cc1cc(O)c(C(C)C)cc1NC(=O)C(C)Cn1nc(C)c(Br)c1C. The zero-order valence-corrected chi connectivity index (χ0v) is 17.2. The van der Waals surface area contributed by atoms with Gasteiger partial charge in [0.15, 0.2) is 0 Å². The number of amides is 1. The molecule has 136 valence electrons. The average molecular weight is 408 g/mol. The van der Waals surface area contributed by atoms with Crippen molar-refractivity contribution in [1.82, 2.24) is 9.78 Å². The highest BCUT2D eigenvalue weighted by Crippen LogP contribution is 2.31. The number of carbonyl (C=O) groups excluding carboxylic acids is 1. The average Bonchev–Trinajstić information content (AvgIpc) is 2.76. The summed E-state index contributed by atoms with van der Waals surface area (Å²) in [6.45, 7) is 12.2. The number of halogens is 1. The van der Waals surface area contributed by atoms with E-state index in [-0.39, 0.29) is 23.5 Å². The van der Waals surface area contributed by atoms with E-state index in [2.05, 4.69) is 26.3 Å². The third-order valence-corrected chi connectivity index (χ3v) is 5.59. The zero-order valence-electron chi connectivity index (χ0n) is 15.6. The monoisotopic (exact) mass is 407 g/mol. The van der Waals surface area contributed by atoms with E-state index in [1.54, 1.807) is 6.07 Å². The Morgan fingerprint density at radius 2 is 1.92 bits per heavy atom. The van der Waals surface area contributed by atoms with Crippen LogP contribution >= 0.6 is 15.9 Å². The van der Waals surface area contributed by atoms with Gasteiger partial charge in [0.05, 0.1) is 22.6 Å². The van der Waals surface area contributed by atoms with Crippen molar-refractivity contribution in [3.63, 3.8) is 0 Å². The molecule has 5 nitrogen and oxygen atoms in total. The van der Waals surface area contributed by atoms with Crippen LogP contribution in [0, 0.1) is 26.7 Å². The number of anilines is 1. The summed E-state index contributed by atoms with van der Waals surface area (Å²) in [5.41, 5.74) is 4.35. The second kappa shape index (κ2) is 7.60. The normalized spacial score (nSPS) is 12.5. The molecule has 0 spiro atoms. The summed E-state index contributed by atoms with van der Waals surface area (Å²) < 4.78 is 2.84. The van der Waals surface area contributed by atoms with Gasteiger partial charge in [-0.1, -0.05) is 20.8 Å². The molecule has 6 heteroatoms. The number of aryl methyl sites for hydroxylation is 2. The first-order valence-corrected chi connectivity index (χ1v) is 9.25. The molecule has 0 aliphatic heterocycles. The number of hydrogen-bond acceptors (Lipinski definition) is 3. The molecule has 0 aliphatic rings. The van der Waals surface area contributed by atoms with Crippen molar-refractivity contribution in [3.8, 4) is 5.75 Å². The number of carbonyl (C=O) groups is 1. The Morgan fingerprint density at radius 1 is 1.28 bits per heavy atom. The smallest absolute Gasteiger partial charge is 0.229 e. The highest BCUT2D eigenvalue weighted by atomic mass is 79.9. The van der Waals surface area contributed by atoms with Gasteiger partial charge in [-0.25, -0.2) is 0 Å². The predicted molar refractivity (Wildman–Crippen MR) is 104 cm³/mol. The second-order valence-electron chi connectivity index (χ2n) is 6.94. The van der Waals surface area contributed by atoms with Crippen LogP contribution in [0.15, 0.2) is 16.6 Å². The fourth-order valence-electron chi connectivity index (χ4n) is 2.76. The molecule has 1 heterocycles. The van der Waals surface area contributed by atoms with E-state index in [0.29, 0.717) is 6.54 Å². The van der Waals surface area contributed by atoms with Crippen LogP contribution in [0.3, 0.4) is 0 Å². The minimum absolute atomic E-state index is 0.0628. The van der Waals surface area contributed by atoms with Crippen molar-refractivity contribution >= 4 is 27.5 Å². The number of nitrogens with one attached hydrogen (secondary N) is 1. The molecule has 0 saturated carbocycles. The van der Waals surface area contributed by atoms with Crippen LogP contribution in [0.5, 0.6) is 5.75 Å². The molecule has 2 aromatic rings. The van der Waals surface area contributed by atoms with E-state index in [0.717, 1.165) is 32.7 Å². The van der Waals surface area contributed by atoms with Gasteiger partial charge in [0, 0.05) is 11.4 Å². The summed E-state index contributed by atoms with van der Waals surface area (Å²) in [6, 6.07) is 3.56. The lowest BCUT2D eigenvalue weighted by Gasteiger charge is -2.17. The Kier molecular flexibility index (Phi) is 5.93. The number of nitrogens with zero attached hydrogens (tertiary/aromatic N) is 2. The molecule has 0 fully saturated rings. The summed E-state index contributed by atoms with van der Waals surface area (Å²) in [6.07, 6.45) is 0. The summed E-state index contributed by atoms with van der Waals surface area (Å²) in [7, 11) is 0. The topological polar surface area (TPSA) is 67.2 Å². The van der Waals surface area contributed by atoms with Crippen molar-refractivity contribution in [3.05, 3.63) is 39.1 Å². The fraction of sp³-hybridized carbons (Fsp3) is 0.474. The van der Waals surface area contributed by atoms with Gasteiger partial charge >= 0.3 is 0 Å². The first-order valence-electron chi connectivity index (χ1n) is 8.45. The molecule has 0 saturated heterocycles. The first kappa shape index (κ1) is 19.5. The lowest BCUT2D eigenvalue weighted by Crippen LogP contribution is -2.25. The second-order valence-corrected chi connectivity index (χ2v) is 7.73. The number of hydrogen-bond donors (Lipinski definition) is 2. The van der Waals surface area contributed by atoms with Crippen molar-refractivity contribution < 1.29 is 9.90 Å². The third kappa shape index (κ3) is 4.24. The van der Waals surface area contributed by atoms with E-state index < -0.39 is 0 Å². The standard InChI is InChI=1S/C19H26BrN3O2/c1-10(2)15-8-16(11(3)7-17(15)24)21-19(25)12(4)9-23-14(6)18(20)13(5)22-23/h7-8,10,12,24H,9H2,1-6H3,(H,21,25). The van der Waals surface area contributed by atoms with Crippen LogP contribution in [-0.4, -0.2) is 20.8 Å². The number of benzene rings is 1. The van der Waals surface area contributed by atoms with Crippen LogP contribution in [0.4, 0.5) is 5.69 Å². The number of rotatable bonds is 5. The molecule has 25 heavy (non-hydrogen) atoms. The van der Waals surface area contributed by atoms with E-state index in [1.807, 2.05) is 52.3 Å². The van der Waals surface area contributed by atoms with Gasteiger partial charge in [-0.15, -0.1) is 0 Å². The van der Waals surface area contributed by atoms with Crippen molar-refractivity contribution in [2.24, 2.45) is 5.92 Å². The molecule has 1 aromatic carbocycles. The highest BCUT2D eigenvalue weighted by Gasteiger charge is 2.19. The summed E-state index contributed by atoms with van der Waals surface area (Å²) in [4.78, 5) is 12.6. The molecule has 2 N–H and O–H groups in total. The summed E-state index contributed by atoms with van der Waals surface area (Å²) >= 11 is 3.51. The van der Waals surface area contributed by atoms with Gasteiger partial charge in [-0.05, 0) is 65.9 Å². The van der Waals surface area contributed by atoms with Crippen LogP contribution in [0.2, 0.25) is 0 Å². The number of phenols is 1. The Bertz CT molecular complexity index is 796. The van der Waals surface area contributed by atoms with E-state index in [4.69, 9.17) is 0 Å². The lowest BCUT2D eigenvalue weighted by molar-refractivity contribution is -0.119.